The lowest BCUT2D eigenvalue weighted by molar-refractivity contribution is 0.666. The topological polar surface area (TPSA) is 18.1 Å². The number of nitrogens with zero attached hydrogens (tertiary/aromatic N) is 1. The highest BCUT2D eigenvalue weighted by Gasteiger charge is 2.46. The van der Waals surface area contributed by atoms with Crippen LogP contribution in [0.3, 0.4) is 0 Å². The van der Waals surface area contributed by atoms with Crippen LogP contribution < -0.4 is 0 Å². The van der Waals surface area contributed by atoms with Crippen molar-refractivity contribution in [3.63, 3.8) is 0 Å². The van der Waals surface area contributed by atoms with Crippen molar-refractivity contribution in [1.29, 1.82) is 0 Å². The number of furan rings is 1. The second kappa shape index (κ2) is 10.7. The second-order valence-corrected chi connectivity index (χ2v) is 13.6. The SMILES string of the molecule is c1ccc(-n2c3ccccc3c3cc(-c4cccc5oc6cc7c(cc6c45)-c4ccccc4C7(c4ccccc4)c4ccccc4)ccc32)cc1. The highest BCUT2D eigenvalue weighted by molar-refractivity contribution is 6.16. The van der Waals surface area contributed by atoms with E-state index in [9.17, 15) is 0 Å². The number of rotatable bonds is 4. The molecular weight excluding hydrogens is 619 g/mol. The predicted molar refractivity (Wildman–Crippen MR) is 211 cm³/mol. The number of hydrogen-bond acceptors (Lipinski definition) is 1. The molecule has 11 rings (SSSR count). The Balaban J connectivity index is 1.18. The number of fused-ring (bicyclic) bond motifs is 9. The maximum absolute atomic E-state index is 6.82. The lowest BCUT2D eigenvalue weighted by atomic mass is 9.67. The van der Waals surface area contributed by atoms with Gasteiger partial charge in [0.15, 0.2) is 0 Å². The first-order chi connectivity index (χ1) is 25.3. The maximum atomic E-state index is 6.82. The van der Waals surface area contributed by atoms with Gasteiger partial charge in [0.05, 0.1) is 16.4 Å². The van der Waals surface area contributed by atoms with Gasteiger partial charge in [-0.05, 0) is 93.0 Å². The van der Waals surface area contributed by atoms with Crippen molar-refractivity contribution in [1.82, 2.24) is 4.57 Å². The summed E-state index contributed by atoms with van der Waals surface area (Å²) in [5.41, 5.74) is 14.8. The third kappa shape index (κ3) is 3.87. The molecular formula is C49H31NO. The Bertz CT molecular complexity index is 2910. The first-order valence-corrected chi connectivity index (χ1v) is 17.6. The standard InChI is InChI=1S/C49H31NO/c1-4-15-33(16-5-1)49(34-17-6-2-7-18-34)42-24-12-10-21-37(42)39-30-41-47(31-43(39)49)51-46-26-14-23-36(48(41)46)32-27-28-45-40(29-32)38-22-11-13-25-44(38)50(45)35-19-8-3-9-20-35/h1-31H. The van der Waals surface area contributed by atoms with Crippen LogP contribution in [0.2, 0.25) is 0 Å². The molecule has 1 aliphatic carbocycles. The Labute approximate surface area is 295 Å². The first-order valence-electron chi connectivity index (χ1n) is 17.6. The monoisotopic (exact) mass is 649 g/mol. The molecule has 0 radical (unpaired) electrons. The van der Waals surface area contributed by atoms with Crippen LogP contribution in [-0.4, -0.2) is 4.57 Å². The van der Waals surface area contributed by atoms with Crippen molar-refractivity contribution >= 4 is 43.7 Å². The zero-order chi connectivity index (χ0) is 33.5. The van der Waals surface area contributed by atoms with E-state index in [0.717, 1.165) is 27.6 Å². The van der Waals surface area contributed by atoms with E-state index in [2.05, 4.69) is 193 Å². The maximum Gasteiger partial charge on any atom is 0.136 e. The molecule has 0 saturated heterocycles. The summed E-state index contributed by atoms with van der Waals surface area (Å²) in [6.45, 7) is 0. The molecule has 10 aromatic rings. The van der Waals surface area contributed by atoms with E-state index >= 15 is 0 Å². The van der Waals surface area contributed by atoms with Crippen molar-refractivity contribution < 1.29 is 4.42 Å². The summed E-state index contributed by atoms with van der Waals surface area (Å²) >= 11 is 0. The van der Waals surface area contributed by atoms with Gasteiger partial charge in [0.1, 0.15) is 11.2 Å². The molecule has 2 aromatic heterocycles. The minimum absolute atomic E-state index is 0.470. The molecule has 0 saturated carbocycles. The number of aromatic nitrogens is 1. The number of benzene rings is 8. The average molecular weight is 650 g/mol. The van der Waals surface area contributed by atoms with Crippen LogP contribution in [0.25, 0.3) is 71.7 Å². The molecule has 8 aromatic carbocycles. The molecule has 1 aliphatic rings. The van der Waals surface area contributed by atoms with Crippen LogP contribution in [0.1, 0.15) is 22.3 Å². The summed E-state index contributed by atoms with van der Waals surface area (Å²) in [5.74, 6) is 0. The van der Waals surface area contributed by atoms with Crippen LogP contribution in [-0.2, 0) is 5.41 Å². The van der Waals surface area contributed by atoms with Gasteiger partial charge in [0, 0.05) is 27.2 Å². The van der Waals surface area contributed by atoms with Gasteiger partial charge in [-0.2, -0.15) is 0 Å². The fourth-order valence-corrected chi connectivity index (χ4v) is 9.00. The van der Waals surface area contributed by atoms with Gasteiger partial charge in [0.2, 0.25) is 0 Å². The van der Waals surface area contributed by atoms with E-state index in [0.29, 0.717) is 0 Å². The summed E-state index contributed by atoms with van der Waals surface area (Å²) in [5, 5.41) is 4.77. The van der Waals surface area contributed by atoms with Gasteiger partial charge in [-0.1, -0.05) is 140 Å². The lowest BCUT2D eigenvalue weighted by Gasteiger charge is -2.33. The van der Waals surface area contributed by atoms with Crippen LogP contribution in [0.15, 0.2) is 192 Å². The van der Waals surface area contributed by atoms with Crippen molar-refractivity contribution in [2.45, 2.75) is 5.41 Å². The summed E-state index contributed by atoms with van der Waals surface area (Å²) in [4.78, 5) is 0. The Morgan fingerprint density at radius 2 is 1.04 bits per heavy atom. The summed E-state index contributed by atoms with van der Waals surface area (Å²) in [7, 11) is 0. The van der Waals surface area contributed by atoms with Crippen LogP contribution in [0.5, 0.6) is 0 Å². The largest absolute Gasteiger partial charge is 0.456 e. The number of para-hydroxylation sites is 2. The van der Waals surface area contributed by atoms with Gasteiger partial charge in [-0.25, -0.2) is 0 Å². The van der Waals surface area contributed by atoms with E-state index in [-0.39, 0.29) is 0 Å². The Hall–Kier alpha value is -6.64. The molecule has 2 heteroatoms. The quantitative estimate of drug-likeness (QED) is 0.186. The van der Waals surface area contributed by atoms with Crippen molar-refractivity contribution in [3.05, 3.63) is 210 Å². The molecule has 2 nitrogen and oxygen atoms in total. The van der Waals surface area contributed by atoms with Crippen LogP contribution in [0.4, 0.5) is 0 Å². The third-order valence-electron chi connectivity index (χ3n) is 11.1. The lowest BCUT2D eigenvalue weighted by Crippen LogP contribution is -2.28. The van der Waals surface area contributed by atoms with Gasteiger partial charge < -0.3 is 8.98 Å². The van der Waals surface area contributed by atoms with Crippen LogP contribution >= 0.6 is 0 Å². The Kier molecular flexibility index (Phi) is 5.91. The third-order valence-corrected chi connectivity index (χ3v) is 11.1. The molecule has 0 spiro atoms. The van der Waals surface area contributed by atoms with Crippen LogP contribution in [0, 0.1) is 0 Å². The smallest absolute Gasteiger partial charge is 0.136 e. The fraction of sp³-hybridized carbons (Fsp3) is 0.0204. The molecule has 0 unspecified atom stereocenters. The molecule has 0 atom stereocenters. The molecule has 2 heterocycles. The number of hydrogen-bond donors (Lipinski definition) is 0. The Morgan fingerprint density at radius 1 is 0.392 bits per heavy atom. The predicted octanol–water partition coefficient (Wildman–Crippen LogP) is 12.7. The Morgan fingerprint density at radius 3 is 1.82 bits per heavy atom. The van der Waals surface area contributed by atoms with E-state index in [1.165, 1.54) is 66.3 Å². The molecule has 0 amide bonds. The van der Waals surface area contributed by atoms with Gasteiger partial charge in [-0.3, -0.25) is 0 Å². The molecule has 51 heavy (non-hydrogen) atoms. The van der Waals surface area contributed by atoms with E-state index in [1.807, 2.05) is 0 Å². The summed E-state index contributed by atoms with van der Waals surface area (Å²) in [6.07, 6.45) is 0. The molecule has 0 fully saturated rings. The second-order valence-electron chi connectivity index (χ2n) is 13.6. The van der Waals surface area contributed by atoms with E-state index < -0.39 is 5.41 Å². The van der Waals surface area contributed by atoms with Crippen molar-refractivity contribution in [2.75, 3.05) is 0 Å². The van der Waals surface area contributed by atoms with Crippen molar-refractivity contribution in [3.8, 4) is 27.9 Å². The van der Waals surface area contributed by atoms with Gasteiger partial charge in [0.25, 0.3) is 0 Å². The molecule has 0 aliphatic heterocycles. The highest BCUT2D eigenvalue weighted by atomic mass is 16.3. The highest BCUT2D eigenvalue weighted by Crippen LogP contribution is 2.57. The van der Waals surface area contributed by atoms with E-state index in [1.54, 1.807) is 0 Å². The van der Waals surface area contributed by atoms with E-state index in [4.69, 9.17) is 4.42 Å². The van der Waals surface area contributed by atoms with Gasteiger partial charge in [-0.15, -0.1) is 0 Å². The molecule has 238 valence electrons. The zero-order valence-corrected chi connectivity index (χ0v) is 27.8. The van der Waals surface area contributed by atoms with Gasteiger partial charge >= 0.3 is 0 Å². The normalized spacial score (nSPS) is 13.3. The molecule has 0 bridgehead atoms. The minimum Gasteiger partial charge on any atom is -0.456 e. The first kappa shape index (κ1) is 28.2. The summed E-state index contributed by atoms with van der Waals surface area (Å²) in [6, 6.07) is 68.3. The average Bonchev–Trinajstić information content (AvgIpc) is 3.84. The fourth-order valence-electron chi connectivity index (χ4n) is 9.00. The summed E-state index contributed by atoms with van der Waals surface area (Å²) < 4.78 is 9.19. The zero-order valence-electron chi connectivity index (χ0n) is 27.8. The molecule has 0 N–H and O–H groups in total. The minimum atomic E-state index is -0.470. The van der Waals surface area contributed by atoms with Crippen molar-refractivity contribution in [2.24, 2.45) is 0 Å².